The van der Waals surface area contributed by atoms with Crippen LogP contribution in [0.1, 0.15) is 24.8 Å². The molecule has 0 spiro atoms. The topological polar surface area (TPSA) is 80.9 Å². The molecule has 2 heterocycles. The zero-order valence-electron chi connectivity index (χ0n) is 11.9. The molecule has 0 saturated carbocycles. The van der Waals surface area contributed by atoms with Crippen LogP contribution in [0.2, 0.25) is 0 Å². The maximum absolute atomic E-state index is 12.1. The van der Waals surface area contributed by atoms with E-state index < -0.39 is 0 Å². The summed E-state index contributed by atoms with van der Waals surface area (Å²) in [4.78, 5) is 21.4. The van der Waals surface area contributed by atoms with Gasteiger partial charge >= 0.3 is 0 Å². The molecule has 5 nitrogen and oxygen atoms in total. The molecule has 1 atom stereocenters. The first-order valence-electron chi connectivity index (χ1n) is 6.60. The fourth-order valence-corrected chi connectivity index (χ4v) is 3.47. The van der Waals surface area contributed by atoms with Crippen molar-refractivity contribution in [3.8, 4) is 0 Å². The van der Waals surface area contributed by atoms with Gasteiger partial charge < -0.3 is 11.1 Å². The average Bonchev–Trinajstić information content (AvgIpc) is 2.97. The molecule has 1 unspecified atom stereocenters. The molecule has 0 aliphatic rings. The highest BCUT2D eigenvalue weighted by molar-refractivity contribution is 8.00. The van der Waals surface area contributed by atoms with Crippen molar-refractivity contribution in [2.45, 2.75) is 24.9 Å². The van der Waals surface area contributed by atoms with E-state index in [0.717, 1.165) is 0 Å². The normalized spacial score (nSPS) is 12.3. The molecule has 0 fully saturated rings. The Morgan fingerprint density at radius 3 is 2.81 bits per heavy atom. The second-order valence-electron chi connectivity index (χ2n) is 4.84. The van der Waals surface area contributed by atoms with Crippen molar-refractivity contribution in [3.05, 3.63) is 34.8 Å². The fourth-order valence-electron chi connectivity index (χ4n) is 1.83. The number of hydrogen-bond acceptors (Lipinski definition) is 6. The van der Waals surface area contributed by atoms with Gasteiger partial charge in [-0.1, -0.05) is 31.7 Å². The summed E-state index contributed by atoms with van der Waals surface area (Å²) in [7, 11) is 0. The van der Waals surface area contributed by atoms with E-state index in [1.165, 1.54) is 22.8 Å². The standard InChI is InChI=1S/C14H18N4OS2/c1-9(2)12(10-4-3-7-20-10)18-11(19)8-21-14-13(15)16-5-6-17-14/h3-7,9,12H,8H2,1-2H3,(H2,15,16)(H,18,19). The van der Waals surface area contributed by atoms with E-state index in [0.29, 0.717) is 16.8 Å². The minimum absolute atomic E-state index is 0.0304. The number of aromatic nitrogens is 2. The predicted octanol–water partition coefficient (Wildman–Crippen LogP) is 2.73. The van der Waals surface area contributed by atoms with Gasteiger partial charge in [0.25, 0.3) is 0 Å². The number of carbonyl (C=O) groups is 1. The molecule has 2 aromatic heterocycles. The number of hydrogen-bond donors (Lipinski definition) is 2. The second kappa shape index (κ2) is 7.42. The number of anilines is 1. The van der Waals surface area contributed by atoms with Crippen LogP contribution in [0.5, 0.6) is 0 Å². The third-order valence-corrected chi connectivity index (χ3v) is 4.81. The summed E-state index contributed by atoms with van der Waals surface area (Å²) < 4.78 is 0. The first-order valence-corrected chi connectivity index (χ1v) is 8.46. The predicted molar refractivity (Wildman–Crippen MR) is 87.2 cm³/mol. The molecule has 0 saturated heterocycles. The van der Waals surface area contributed by atoms with Crippen LogP contribution in [0.25, 0.3) is 0 Å². The highest BCUT2D eigenvalue weighted by Crippen LogP contribution is 2.26. The quantitative estimate of drug-likeness (QED) is 0.799. The van der Waals surface area contributed by atoms with Crippen LogP contribution in [0.4, 0.5) is 5.82 Å². The van der Waals surface area contributed by atoms with Crippen molar-refractivity contribution in [1.82, 2.24) is 15.3 Å². The smallest absolute Gasteiger partial charge is 0.230 e. The molecule has 2 aromatic rings. The Labute approximate surface area is 132 Å². The number of nitrogens with one attached hydrogen (secondary N) is 1. The molecule has 2 rings (SSSR count). The number of nitrogen functional groups attached to an aromatic ring is 1. The van der Waals surface area contributed by atoms with Crippen molar-refractivity contribution < 1.29 is 4.79 Å². The summed E-state index contributed by atoms with van der Waals surface area (Å²) in [5.41, 5.74) is 5.71. The minimum Gasteiger partial charge on any atom is -0.381 e. The monoisotopic (exact) mass is 322 g/mol. The SMILES string of the molecule is CC(C)C(NC(=O)CSc1nccnc1N)c1cccs1. The van der Waals surface area contributed by atoms with E-state index in [2.05, 4.69) is 29.1 Å². The Kier molecular flexibility index (Phi) is 5.58. The van der Waals surface area contributed by atoms with Gasteiger partial charge in [-0.2, -0.15) is 0 Å². The fraction of sp³-hybridized carbons (Fsp3) is 0.357. The van der Waals surface area contributed by atoms with E-state index in [1.807, 2.05) is 17.5 Å². The maximum Gasteiger partial charge on any atom is 0.230 e. The lowest BCUT2D eigenvalue weighted by atomic mass is 10.0. The summed E-state index contributed by atoms with van der Waals surface area (Å²) in [6.45, 7) is 4.19. The molecule has 0 radical (unpaired) electrons. The minimum atomic E-state index is -0.0304. The van der Waals surface area contributed by atoms with Gasteiger partial charge in [0.05, 0.1) is 11.8 Å². The van der Waals surface area contributed by atoms with Crippen LogP contribution in [-0.2, 0) is 4.79 Å². The Morgan fingerprint density at radius 2 is 2.19 bits per heavy atom. The molecule has 1 amide bonds. The van der Waals surface area contributed by atoms with Crippen molar-refractivity contribution in [3.63, 3.8) is 0 Å². The Bertz CT molecular complexity index is 586. The van der Waals surface area contributed by atoms with Crippen molar-refractivity contribution in [1.29, 1.82) is 0 Å². The third kappa shape index (κ3) is 4.44. The molecule has 7 heteroatoms. The second-order valence-corrected chi connectivity index (χ2v) is 6.78. The van der Waals surface area contributed by atoms with Gasteiger partial charge in [-0.25, -0.2) is 9.97 Å². The lowest BCUT2D eigenvalue weighted by Crippen LogP contribution is -2.32. The van der Waals surface area contributed by atoms with Gasteiger partial charge in [-0.15, -0.1) is 11.3 Å². The van der Waals surface area contributed by atoms with E-state index in [9.17, 15) is 4.79 Å². The van der Waals surface area contributed by atoms with Crippen LogP contribution in [0.3, 0.4) is 0 Å². The van der Waals surface area contributed by atoms with Crippen LogP contribution in [0.15, 0.2) is 34.9 Å². The van der Waals surface area contributed by atoms with Gasteiger partial charge in [-0.3, -0.25) is 4.79 Å². The van der Waals surface area contributed by atoms with Gasteiger partial charge in [0.15, 0.2) is 5.82 Å². The molecule has 3 N–H and O–H groups in total. The Morgan fingerprint density at radius 1 is 1.43 bits per heavy atom. The van der Waals surface area contributed by atoms with Gasteiger partial charge in [0, 0.05) is 17.3 Å². The summed E-state index contributed by atoms with van der Waals surface area (Å²) in [6.07, 6.45) is 3.10. The van der Waals surface area contributed by atoms with Crippen molar-refractivity contribution in [2.75, 3.05) is 11.5 Å². The van der Waals surface area contributed by atoms with Gasteiger partial charge in [-0.05, 0) is 17.4 Å². The van der Waals surface area contributed by atoms with Gasteiger partial charge in [0.1, 0.15) is 5.03 Å². The third-order valence-electron chi connectivity index (χ3n) is 2.86. The summed E-state index contributed by atoms with van der Waals surface area (Å²) in [5, 5.41) is 5.68. The molecule has 112 valence electrons. The van der Waals surface area contributed by atoms with Crippen LogP contribution in [-0.4, -0.2) is 21.6 Å². The number of carbonyl (C=O) groups excluding carboxylic acids is 1. The van der Waals surface area contributed by atoms with Crippen molar-refractivity contribution >= 4 is 34.8 Å². The van der Waals surface area contributed by atoms with Crippen LogP contribution >= 0.6 is 23.1 Å². The Hall–Kier alpha value is -1.60. The number of thiophene rings is 1. The number of rotatable bonds is 6. The average molecular weight is 322 g/mol. The zero-order valence-corrected chi connectivity index (χ0v) is 13.6. The van der Waals surface area contributed by atoms with Crippen LogP contribution in [0, 0.1) is 5.92 Å². The van der Waals surface area contributed by atoms with E-state index in [4.69, 9.17) is 5.73 Å². The number of nitrogens with two attached hydrogens (primary N) is 1. The molecular formula is C14H18N4OS2. The number of nitrogens with zero attached hydrogens (tertiary/aromatic N) is 2. The molecule has 0 aliphatic carbocycles. The highest BCUT2D eigenvalue weighted by Gasteiger charge is 2.19. The molecule has 21 heavy (non-hydrogen) atoms. The lowest BCUT2D eigenvalue weighted by Gasteiger charge is -2.21. The van der Waals surface area contributed by atoms with Gasteiger partial charge in [0.2, 0.25) is 5.91 Å². The van der Waals surface area contributed by atoms with E-state index >= 15 is 0 Å². The molecule has 0 aromatic carbocycles. The zero-order chi connectivity index (χ0) is 15.2. The summed E-state index contributed by atoms with van der Waals surface area (Å²) in [6, 6.07) is 4.08. The summed E-state index contributed by atoms with van der Waals surface area (Å²) >= 11 is 2.95. The van der Waals surface area contributed by atoms with Crippen LogP contribution < -0.4 is 11.1 Å². The maximum atomic E-state index is 12.1. The first kappa shape index (κ1) is 15.8. The molecule has 0 bridgehead atoms. The van der Waals surface area contributed by atoms with Crippen molar-refractivity contribution in [2.24, 2.45) is 5.92 Å². The van der Waals surface area contributed by atoms with E-state index in [-0.39, 0.29) is 17.7 Å². The highest BCUT2D eigenvalue weighted by atomic mass is 32.2. The number of amides is 1. The van der Waals surface area contributed by atoms with E-state index in [1.54, 1.807) is 17.5 Å². The molecule has 0 aliphatic heterocycles. The largest absolute Gasteiger partial charge is 0.381 e. The first-order chi connectivity index (χ1) is 10.1. The molecular weight excluding hydrogens is 304 g/mol. The lowest BCUT2D eigenvalue weighted by molar-refractivity contribution is -0.119. The summed E-state index contributed by atoms with van der Waals surface area (Å²) in [5.74, 6) is 0.933. The Balaban J connectivity index is 1.93. The number of thioether (sulfide) groups is 1.